The molecule has 0 saturated heterocycles. The normalized spacial score (nSPS) is 11.4. The second kappa shape index (κ2) is 7.59. The van der Waals surface area contributed by atoms with E-state index in [1.165, 1.54) is 5.56 Å². The van der Waals surface area contributed by atoms with Crippen molar-refractivity contribution in [3.63, 3.8) is 0 Å². The van der Waals surface area contributed by atoms with Crippen molar-refractivity contribution in [1.29, 1.82) is 0 Å². The molecule has 0 bridgehead atoms. The standard InChI is InChI=1S/C25H23N3O2/c1-25(2,3)19-9-7-16(8-10-19)23(29)27-20-6-4-5-17(13-20)21-14-18-15-26-12-11-22(18)28-24(21)30/h4-15H,1-3H3,(H,27,29)(H,28,30). The highest BCUT2D eigenvalue weighted by Crippen LogP contribution is 2.24. The Morgan fingerprint density at radius 2 is 1.77 bits per heavy atom. The number of hydrogen-bond acceptors (Lipinski definition) is 3. The number of H-pyrrole nitrogens is 1. The first-order chi connectivity index (χ1) is 14.3. The minimum Gasteiger partial charge on any atom is -0.322 e. The molecule has 0 radical (unpaired) electrons. The summed E-state index contributed by atoms with van der Waals surface area (Å²) in [5.74, 6) is -0.191. The third-order valence-electron chi connectivity index (χ3n) is 5.09. The van der Waals surface area contributed by atoms with Gasteiger partial charge in [-0.15, -0.1) is 0 Å². The van der Waals surface area contributed by atoms with Gasteiger partial charge in [-0.3, -0.25) is 14.6 Å². The van der Waals surface area contributed by atoms with E-state index in [9.17, 15) is 9.59 Å². The smallest absolute Gasteiger partial charge is 0.256 e. The van der Waals surface area contributed by atoms with Crippen molar-refractivity contribution in [3.05, 3.63) is 94.5 Å². The maximum atomic E-state index is 12.7. The second-order valence-electron chi connectivity index (χ2n) is 8.34. The molecule has 2 aromatic heterocycles. The van der Waals surface area contributed by atoms with Gasteiger partial charge in [0, 0.05) is 34.6 Å². The molecule has 0 aliphatic heterocycles. The summed E-state index contributed by atoms with van der Waals surface area (Å²) in [4.78, 5) is 32.2. The molecule has 0 fully saturated rings. The lowest BCUT2D eigenvalue weighted by Crippen LogP contribution is -2.14. The summed E-state index contributed by atoms with van der Waals surface area (Å²) < 4.78 is 0. The Kier molecular flexibility index (Phi) is 4.96. The van der Waals surface area contributed by atoms with E-state index < -0.39 is 0 Å². The number of carbonyl (C=O) groups excluding carboxylic acids is 1. The Bertz CT molecular complexity index is 1280. The topological polar surface area (TPSA) is 74.8 Å². The van der Waals surface area contributed by atoms with Crippen molar-refractivity contribution in [3.8, 4) is 11.1 Å². The van der Waals surface area contributed by atoms with Gasteiger partial charge in [-0.25, -0.2) is 0 Å². The SMILES string of the molecule is CC(C)(C)c1ccc(C(=O)Nc2cccc(-c3cc4cnccc4[nH]c3=O)c2)cc1. The first kappa shape index (κ1) is 19.6. The molecule has 4 aromatic rings. The molecular weight excluding hydrogens is 374 g/mol. The van der Waals surface area contributed by atoms with Crippen LogP contribution in [-0.4, -0.2) is 15.9 Å². The van der Waals surface area contributed by atoms with Gasteiger partial charge in [-0.2, -0.15) is 0 Å². The van der Waals surface area contributed by atoms with Gasteiger partial charge in [0.05, 0.1) is 5.52 Å². The van der Waals surface area contributed by atoms with Gasteiger partial charge in [-0.1, -0.05) is 45.0 Å². The summed E-state index contributed by atoms with van der Waals surface area (Å²) in [6.07, 6.45) is 3.35. The lowest BCUT2D eigenvalue weighted by atomic mass is 9.87. The van der Waals surface area contributed by atoms with Gasteiger partial charge in [0.25, 0.3) is 11.5 Å². The predicted octanol–water partition coefficient (Wildman–Crippen LogP) is 5.14. The molecule has 4 rings (SSSR count). The molecule has 0 atom stereocenters. The van der Waals surface area contributed by atoms with Crippen LogP contribution in [0.1, 0.15) is 36.7 Å². The third kappa shape index (κ3) is 4.01. The lowest BCUT2D eigenvalue weighted by Gasteiger charge is -2.19. The van der Waals surface area contributed by atoms with Crippen LogP contribution < -0.4 is 10.9 Å². The first-order valence-corrected chi connectivity index (χ1v) is 9.81. The Morgan fingerprint density at radius 3 is 2.50 bits per heavy atom. The van der Waals surface area contributed by atoms with E-state index in [2.05, 4.69) is 36.1 Å². The molecule has 2 aromatic carbocycles. The lowest BCUT2D eigenvalue weighted by molar-refractivity contribution is 0.102. The number of aromatic nitrogens is 2. The highest BCUT2D eigenvalue weighted by Gasteiger charge is 2.14. The Hall–Kier alpha value is -3.73. The molecule has 0 aliphatic rings. The summed E-state index contributed by atoms with van der Waals surface area (Å²) in [7, 11) is 0. The molecular formula is C25H23N3O2. The van der Waals surface area contributed by atoms with Crippen LogP contribution in [0.4, 0.5) is 5.69 Å². The van der Waals surface area contributed by atoms with E-state index in [-0.39, 0.29) is 16.9 Å². The predicted molar refractivity (Wildman–Crippen MR) is 121 cm³/mol. The van der Waals surface area contributed by atoms with Gasteiger partial charge in [0.1, 0.15) is 0 Å². The Labute approximate surface area is 174 Å². The maximum absolute atomic E-state index is 12.7. The summed E-state index contributed by atoms with van der Waals surface area (Å²) in [6, 6.07) is 18.5. The molecule has 0 unspecified atom stereocenters. The highest BCUT2D eigenvalue weighted by atomic mass is 16.1. The van der Waals surface area contributed by atoms with Crippen LogP contribution in [-0.2, 0) is 5.41 Å². The van der Waals surface area contributed by atoms with Gasteiger partial charge in [-0.05, 0) is 52.9 Å². The largest absolute Gasteiger partial charge is 0.322 e. The van der Waals surface area contributed by atoms with Crippen molar-refractivity contribution in [1.82, 2.24) is 9.97 Å². The molecule has 0 aliphatic carbocycles. The van der Waals surface area contributed by atoms with Crippen LogP contribution in [0.25, 0.3) is 22.0 Å². The monoisotopic (exact) mass is 397 g/mol. The first-order valence-electron chi connectivity index (χ1n) is 9.81. The average molecular weight is 397 g/mol. The fourth-order valence-corrected chi connectivity index (χ4v) is 3.35. The van der Waals surface area contributed by atoms with Crippen LogP contribution in [0.2, 0.25) is 0 Å². The zero-order chi connectivity index (χ0) is 21.3. The van der Waals surface area contributed by atoms with Crippen LogP contribution in [0, 0.1) is 0 Å². The number of rotatable bonds is 3. The van der Waals surface area contributed by atoms with E-state index in [1.54, 1.807) is 24.5 Å². The zero-order valence-electron chi connectivity index (χ0n) is 17.2. The van der Waals surface area contributed by atoms with Crippen molar-refractivity contribution >= 4 is 22.5 Å². The van der Waals surface area contributed by atoms with Gasteiger partial charge in [0.2, 0.25) is 0 Å². The summed E-state index contributed by atoms with van der Waals surface area (Å²) in [5, 5.41) is 3.77. The molecule has 2 heterocycles. The van der Waals surface area contributed by atoms with Crippen LogP contribution in [0.15, 0.2) is 77.9 Å². The number of anilines is 1. The summed E-state index contributed by atoms with van der Waals surface area (Å²) >= 11 is 0. The van der Waals surface area contributed by atoms with E-state index in [1.807, 2.05) is 48.5 Å². The number of benzene rings is 2. The van der Waals surface area contributed by atoms with Crippen LogP contribution in [0.5, 0.6) is 0 Å². The number of nitrogens with zero attached hydrogens (tertiary/aromatic N) is 1. The van der Waals surface area contributed by atoms with E-state index in [0.29, 0.717) is 16.8 Å². The Balaban J connectivity index is 1.60. The minimum atomic E-state index is -0.191. The second-order valence-corrected chi connectivity index (χ2v) is 8.34. The molecule has 5 heteroatoms. The average Bonchev–Trinajstić information content (AvgIpc) is 2.73. The number of nitrogens with one attached hydrogen (secondary N) is 2. The fraction of sp³-hybridized carbons (Fsp3) is 0.160. The summed E-state index contributed by atoms with van der Waals surface area (Å²) in [5.41, 5.74) is 4.23. The van der Waals surface area contributed by atoms with Gasteiger partial charge >= 0.3 is 0 Å². The highest BCUT2D eigenvalue weighted by molar-refractivity contribution is 6.04. The zero-order valence-corrected chi connectivity index (χ0v) is 17.2. The molecule has 2 N–H and O–H groups in total. The number of hydrogen-bond donors (Lipinski definition) is 2. The summed E-state index contributed by atoms with van der Waals surface area (Å²) in [6.45, 7) is 6.41. The van der Waals surface area contributed by atoms with Crippen molar-refractivity contribution in [2.45, 2.75) is 26.2 Å². The van der Waals surface area contributed by atoms with Crippen molar-refractivity contribution in [2.75, 3.05) is 5.32 Å². The molecule has 0 saturated carbocycles. The molecule has 0 spiro atoms. The quantitative estimate of drug-likeness (QED) is 0.503. The van der Waals surface area contributed by atoms with Gasteiger partial charge < -0.3 is 10.3 Å². The number of fused-ring (bicyclic) bond motifs is 1. The third-order valence-corrected chi connectivity index (χ3v) is 5.09. The van der Waals surface area contributed by atoms with Crippen LogP contribution in [0.3, 0.4) is 0 Å². The van der Waals surface area contributed by atoms with E-state index in [0.717, 1.165) is 16.5 Å². The van der Waals surface area contributed by atoms with Crippen molar-refractivity contribution in [2.24, 2.45) is 0 Å². The van der Waals surface area contributed by atoms with E-state index in [4.69, 9.17) is 0 Å². The molecule has 5 nitrogen and oxygen atoms in total. The fourth-order valence-electron chi connectivity index (χ4n) is 3.35. The number of carbonyl (C=O) groups is 1. The molecule has 150 valence electrons. The minimum absolute atomic E-state index is 0.0335. The molecule has 30 heavy (non-hydrogen) atoms. The van der Waals surface area contributed by atoms with Crippen molar-refractivity contribution < 1.29 is 4.79 Å². The number of pyridine rings is 2. The number of amides is 1. The number of aromatic amines is 1. The van der Waals surface area contributed by atoms with E-state index >= 15 is 0 Å². The maximum Gasteiger partial charge on any atom is 0.256 e. The molecule has 1 amide bonds. The Morgan fingerprint density at radius 1 is 1.00 bits per heavy atom. The van der Waals surface area contributed by atoms with Crippen LogP contribution >= 0.6 is 0 Å². The van der Waals surface area contributed by atoms with Gasteiger partial charge in [0.15, 0.2) is 0 Å².